The van der Waals surface area contributed by atoms with Gasteiger partial charge in [-0.1, -0.05) is 37.0 Å². The highest BCUT2D eigenvalue weighted by atomic mass is 32.2. The Morgan fingerprint density at radius 3 is 2.69 bits per heavy atom. The molecule has 0 aliphatic carbocycles. The topological polar surface area (TPSA) is 61.2 Å². The van der Waals surface area contributed by atoms with Crippen LogP contribution < -0.4 is 10.5 Å². The fourth-order valence-electron chi connectivity index (χ4n) is 3.52. The first-order valence-corrected chi connectivity index (χ1v) is 10.9. The molecule has 2 aliphatic rings. The van der Waals surface area contributed by atoms with Crippen LogP contribution in [0.25, 0.3) is 11.7 Å². The van der Waals surface area contributed by atoms with E-state index in [1.54, 1.807) is 23.2 Å². The summed E-state index contributed by atoms with van der Waals surface area (Å²) >= 11 is 6.62. The van der Waals surface area contributed by atoms with Gasteiger partial charge in [0.1, 0.15) is 15.8 Å². The van der Waals surface area contributed by atoms with Crippen molar-refractivity contribution in [3.63, 3.8) is 0 Å². The normalized spacial score (nSPS) is 19.7. The van der Waals surface area contributed by atoms with Crippen molar-refractivity contribution in [1.29, 1.82) is 0 Å². The number of nitrogens with zero attached hydrogens (tertiary/aromatic N) is 5. The van der Waals surface area contributed by atoms with Gasteiger partial charge in [0.05, 0.1) is 10.5 Å². The predicted octanol–water partition coefficient (Wildman–Crippen LogP) is 2.06. The number of aromatic nitrogens is 2. The zero-order valence-corrected chi connectivity index (χ0v) is 18.1. The van der Waals surface area contributed by atoms with E-state index in [4.69, 9.17) is 17.2 Å². The highest BCUT2D eigenvalue weighted by molar-refractivity contribution is 8.26. The third kappa shape index (κ3) is 3.82. The average molecular weight is 430 g/mol. The molecule has 7 nitrogen and oxygen atoms in total. The van der Waals surface area contributed by atoms with Gasteiger partial charge in [-0.05, 0) is 31.7 Å². The molecule has 0 N–H and O–H groups in total. The second-order valence-electron chi connectivity index (χ2n) is 7.21. The molecule has 0 atom stereocenters. The number of carbonyl (C=O) groups is 1. The van der Waals surface area contributed by atoms with E-state index in [2.05, 4.69) is 16.8 Å². The molecule has 2 aromatic rings. The van der Waals surface area contributed by atoms with Crippen LogP contribution in [0.4, 0.5) is 5.82 Å². The zero-order chi connectivity index (χ0) is 20.5. The average Bonchev–Trinajstić information content (AvgIpc) is 2.98. The molecule has 2 aliphatic heterocycles. The molecule has 2 aromatic heterocycles. The number of amides is 1. The lowest BCUT2D eigenvalue weighted by Gasteiger charge is -2.34. The van der Waals surface area contributed by atoms with Gasteiger partial charge >= 0.3 is 0 Å². The van der Waals surface area contributed by atoms with E-state index < -0.39 is 0 Å². The minimum Gasteiger partial charge on any atom is -0.353 e. The van der Waals surface area contributed by atoms with Gasteiger partial charge in [-0.25, -0.2) is 4.98 Å². The summed E-state index contributed by atoms with van der Waals surface area (Å²) < 4.78 is 2.07. The van der Waals surface area contributed by atoms with Gasteiger partial charge in [-0.3, -0.25) is 18.9 Å². The molecule has 2 fully saturated rings. The first-order valence-electron chi connectivity index (χ1n) is 9.70. The highest BCUT2D eigenvalue weighted by Gasteiger charge is 2.32. The summed E-state index contributed by atoms with van der Waals surface area (Å²) in [6.45, 7) is 5.95. The van der Waals surface area contributed by atoms with Crippen molar-refractivity contribution in [1.82, 2.24) is 19.2 Å². The maximum atomic E-state index is 13.3. The fourth-order valence-corrected chi connectivity index (χ4v) is 4.81. The summed E-state index contributed by atoms with van der Waals surface area (Å²) in [6, 6.07) is 5.49. The molecular formula is C20H23N5O2S2. The van der Waals surface area contributed by atoms with E-state index in [0.29, 0.717) is 32.8 Å². The second-order valence-corrected chi connectivity index (χ2v) is 8.88. The lowest BCUT2D eigenvalue weighted by atomic mass is 10.2. The quantitative estimate of drug-likeness (QED) is 0.545. The number of likely N-dealkylation sites (N-methyl/N-ethyl adjacent to an activating group) is 1. The third-order valence-corrected chi connectivity index (χ3v) is 6.53. The molecule has 1 amide bonds. The minimum absolute atomic E-state index is 0.135. The van der Waals surface area contributed by atoms with Crippen molar-refractivity contribution in [2.45, 2.75) is 13.3 Å². The van der Waals surface area contributed by atoms with E-state index >= 15 is 0 Å². The van der Waals surface area contributed by atoms with E-state index in [-0.39, 0.29) is 11.5 Å². The smallest absolute Gasteiger partial charge is 0.267 e. The van der Waals surface area contributed by atoms with Crippen LogP contribution >= 0.6 is 24.0 Å². The van der Waals surface area contributed by atoms with Crippen LogP contribution in [0.3, 0.4) is 0 Å². The van der Waals surface area contributed by atoms with Crippen LogP contribution in [-0.2, 0) is 4.79 Å². The largest absolute Gasteiger partial charge is 0.353 e. The number of carbonyl (C=O) groups excluding carboxylic acids is 1. The Labute approximate surface area is 179 Å². The van der Waals surface area contributed by atoms with Crippen LogP contribution in [0.1, 0.15) is 18.9 Å². The number of thioether (sulfide) groups is 1. The molecule has 0 radical (unpaired) electrons. The van der Waals surface area contributed by atoms with Gasteiger partial charge in [-0.2, -0.15) is 0 Å². The lowest BCUT2D eigenvalue weighted by molar-refractivity contribution is -0.122. The standard InChI is InChI=1S/C20H23N5O2S2/c1-3-7-25-19(27)15(29-20(25)28)13-14-17(23-11-9-22(2)10-12-23)21-16-6-4-5-8-24(16)18(14)26/h4-6,8,13H,3,7,9-12H2,1-2H3/b15-13+. The molecule has 0 bridgehead atoms. The first-order chi connectivity index (χ1) is 14.0. The summed E-state index contributed by atoms with van der Waals surface area (Å²) in [6.07, 6.45) is 4.21. The highest BCUT2D eigenvalue weighted by Crippen LogP contribution is 2.33. The molecule has 4 heterocycles. The molecule has 0 unspecified atom stereocenters. The maximum Gasteiger partial charge on any atom is 0.267 e. The number of hydrogen-bond donors (Lipinski definition) is 0. The van der Waals surface area contributed by atoms with Gasteiger partial charge < -0.3 is 9.80 Å². The molecule has 4 rings (SSSR count). The Morgan fingerprint density at radius 2 is 1.97 bits per heavy atom. The van der Waals surface area contributed by atoms with Crippen molar-refractivity contribution in [2.75, 3.05) is 44.7 Å². The van der Waals surface area contributed by atoms with Crippen LogP contribution in [0.15, 0.2) is 34.1 Å². The zero-order valence-electron chi connectivity index (χ0n) is 16.5. The summed E-state index contributed by atoms with van der Waals surface area (Å²) in [5.74, 6) is 0.499. The van der Waals surface area contributed by atoms with E-state index in [9.17, 15) is 9.59 Å². The lowest BCUT2D eigenvalue weighted by Crippen LogP contribution is -2.45. The van der Waals surface area contributed by atoms with Crippen LogP contribution in [0.2, 0.25) is 0 Å². The molecule has 0 aromatic carbocycles. The van der Waals surface area contributed by atoms with E-state index in [1.165, 1.54) is 16.2 Å². The fraction of sp³-hybridized carbons (Fsp3) is 0.400. The monoisotopic (exact) mass is 429 g/mol. The molecular weight excluding hydrogens is 406 g/mol. The second kappa shape index (κ2) is 8.25. The van der Waals surface area contributed by atoms with Crippen LogP contribution in [-0.4, -0.2) is 69.2 Å². The summed E-state index contributed by atoms with van der Waals surface area (Å²) in [5, 5.41) is 0. The molecule has 29 heavy (non-hydrogen) atoms. The Balaban J connectivity index is 1.83. The Bertz CT molecular complexity index is 1060. The predicted molar refractivity (Wildman–Crippen MR) is 121 cm³/mol. The summed E-state index contributed by atoms with van der Waals surface area (Å²) in [7, 11) is 2.08. The molecule has 0 spiro atoms. The van der Waals surface area contributed by atoms with Crippen molar-refractivity contribution in [3.8, 4) is 0 Å². The van der Waals surface area contributed by atoms with Crippen LogP contribution in [0, 0.1) is 0 Å². The third-order valence-electron chi connectivity index (χ3n) is 5.15. The van der Waals surface area contributed by atoms with Crippen molar-refractivity contribution in [2.24, 2.45) is 0 Å². The molecule has 2 saturated heterocycles. The molecule has 152 valence electrons. The number of anilines is 1. The molecule has 9 heteroatoms. The van der Waals surface area contributed by atoms with Gasteiger partial charge in [0.25, 0.3) is 11.5 Å². The van der Waals surface area contributed by atoms with Gasteiger partial charge in [0.2, 0.25) is 0 Å². The van der Waals surface area contributed by atoms with Gasteiger partial charge in [0.15, 0.2) is 0 Å². The number of fused-ring (bicyclic) bond motifs is 1. The van der Waals surface area contributed by atoms with Crippen molar-refractivity contribution >= 4 is 51.7 Å². The Hall–Kier alpha value is -2.23. The summed E-state index contributed by atoms with van der Waals surface area (Å²) in [5.41, 5.74) is 0.864. The number of piperazine rings is 1. The SMILES string of the molecule is CCCN1C(=O)/C(=C\c2c(N3CCN(C)CC3)nc3ccccn3c2=O)SC1=S. The number of rotatable bonds is 4. The van der Waals surface area contributed by atoms with Gasteiger partial charge in [-0.15, -0.1) is 0 Å². The van der Waals surface area contributed by atoms with Gasteiger partial charge in [0, 0.05) is 38.9 Å². The number of hydrogen-bond acceptors (Lipinski definition) is 7. The van der Waals surface area contributed by atoms with Crippen molar-refractivity contribution in [3.05, 3.63) is 45.2 Å². The van der Waals surface area contributed by atoms with E-state index in [0.717, 1.165) is 32.6 Å². The Kier molecular flexibility index (Phi) is 5.71. The van der Waals surface area contributed by atoms with Crippen LogP contribution in [0.5, 0.6) is 0 Å². The summed E-state index contributed by atoms with van der Waals surface area (Å²) in [4.78, 5) is 37.4. The maximum absolute atomic E-state index is 13.3. The first kappa shape index (κ1) is 20.1. The Morgan fingerprint density at radius 1 is 1.21 bits per heavy atom. The van der Waals surface area contributed by atoms with Crippen molar-refractivity contribution < 1.29 is 4.79 Å². The number of thiocarbonyl (C=S) groups is 1. The number of pyridine rings is 1. The molecule has 0 saturated carbocycles. The van der Waals surface area contributed by atoms with E-state index in [1.807, 2.05) is 19.1 Å². The minimum atomic E-state index is -0.176.